The first-order valence-electron chi connectivity index (χ1n) is 5.96. The summed E-state index contributed by atoms with van der Waals surface area (Å²) in [5.74, 6) is -0.143. The number of nitrogens with zero attached hydrogens (tertiary/aromatic N) is 1. The minimum absolute atomic E-state index is 0.143. The fourth-order valence-corrected chi connectivity index (χ4v) is 1.88. The van der Waals surface area contributed by atoms with Crippen LogP contribution in [-0.2, 0) is 9.53 Å². The molecular formula is C14H19NO2. The average molecular weight is 233 g/mol. The van der Waals surface area contributed by atoms with E-state index in [1.807, 2.05) is 39.0 Å². The van der Waals surface area contributed by atoms with Gasteiger partial charge in [0.1, 0.15) is 5.60 Å². The Morgan fingerprint density at radius 2 is 2.00 bits per heavy atom. The van der Waals surface area contributed by atoms with Gasteiger partial charge >= 0.3 is 5.97 Å². The van der Waals surface area contributed by atoms with Gasteiger partial charge in [-0.2, -0.15) is 0 Å². The van der Waals surface area contributed by atoms with Gasteiger partial charge in [0.15, 0.2) is 0 Å². The second-order valence-electron chi connectivity index (χ2n) is 5.44. The number of esters is 1. The normalized spacial score (nSPS) is 23.2. The van der Waals surface area contributed by atoms with Crippen LogP contribution in [0.5, 0.6) is 0 Å². The first-order valence-corrected chi connectivity index (χ1v) is 5.96. The molecule has 3 nitrogen and oxygen atoms in total. The van der Waals surface area contributed by atoms with Crippen LogP contribution < -0.4 is 0 Å². The minimum atomic E-state index is -0.394. The van der Waals surface area contributed by atoms with E-state index < -0.39 is 5.60 Å². The molecule has 1 fully saturated rings. The molecule has 0 bridgehead atoms. The molecule has 0 amide bonds. The molecule has 17 heavy (non-hydrogen) atoms. The van der Waals surface area contributed by atoms with E-state index in [1.54, 1.807) is 0 Å². The Labute approximate surface area is 102 Å². The topological polar surface area (TPSA) is 29.3 Å². The lowest BCUT2D eigenvalue weighted by molar-refractivity contribution is -0.154. The number of carbonyl (C=O) groups excluding carboxylic acids is 1. The van der Waals surface area contributed by atoms with Gasteiger partial charge in [0.25, 0.3) is 0 Å². The van der Waals surface area contributed by atoms with Crippen LogP contribution in [0.4, 0.5) is 0 Å². The van der Waals surface area contributed by atoms with Crippen LogP contribution in [-0.4, -0.2) is 29.6 Å². The maximum absolute atomic E-state index is 11.6. The number of ether oxygens (including phenoxy) is 1. The Bertz CT molecular complexity index is 394. The highest BCUT2D eigenvalue weighted by molar-refractivity contribution is 5.72. The molecule has 3 heteroatoms. The third-order valence-corrected chi connectivity index (χ3v) is 2.65. The van der Waals surface area contributed by atoms with Crippen molar-refractivity contribution in [2.75, 3.05) is 13.1 Å². The lowest BCUT2D eigenvalue weighted by Crippen LogP contribution is -2.28. The standard InChI is InChI=1S/C14H19NO2/c1-14(2,3)17-13(16)10-15-9-12(15)11-7-5-4-6-8-11/h4-8,12H,9-10H2,1-3H3/t12-,15?/m0/s1. The first-order chi connectivity index (χ1) is 7.96. The van der Waals surface area contributed by atoms with Crippen molar-refractivity contribution in [1.29, 1.82) is 0 Å². The van der Waals surface area contributed by atoms with Gasteiger partial charge in [0, 0.05) is 12.6 Å². The summed E-state index contributed by atoms with van der Waals surface area (Å²) in [6.45, 7) is 7.01. The highest BCUT2D eigenvalue weighted by Crippen LogP contribution is 2.34. The van der Waals surface area contributed by atoms with E-state index in [4.69, 9.17) is 4.74 Å². The highest BCUT2D eigenvalue weighted by Gasteiger charge is 2.37. The smallest absolute Gasteiger partial charge is 0.320 e. The molecule has 1 aliphatic heterocycles. The van der Waals surface area contributed by atoms with Crippen LogP contribution in [0.1, 0.15) is 32.4 Å². The maximum Gasteiger partial charge on any atom is 0.320 e. The molecule has 1 aliphatic rings. The summed E-state index contributed by atoms with van der Waals surface area (Å²) in [7, 11) is 0. The van der Waals surface area contributed by atoms with Gasteiger partial charge < -0.3 is 4.74 Å². The predicted molar refractivity (Wildman–Crippen MR) is 66.6 cm³/mol. The molecule has 1 saturated heterocycles. The summed E-state index contributed by atoms with van der Waals surface area (Å²) >= 11 is 0. The van der Waals surface area contributed by atoms with Gasteiger partial charge in [0.2, 0.25) is 0 Å². The number of hydrogen-bond donors (Lipinski definition) is 0. The average Bonchev–Trinajstić information content (AvgIpc) is 2.95. The summed E-state index contributed by atoms with van der Waals surface area (Å²) in [5, 5.41) is 0. The summed E-state index contributed by atoms with van der Waals surface area (Å²) in [6.07, 6.45) is 0. The molecule has 2 rings (SSSR count). The minimum Gasteiger partial charge on any atom is -0.459 e. The zero-order valence-corrected chi connectivity index (χ0v) is 10.6. The van der Waals surface area contributed by atoms with E-state index in [0.29, 0.717) is 12.6 Å². The van der Waals surface area contributed by atoms with E-state index in [2.05, 4.69) is 17.0 Å². The predicted octanol–water partition coefficient (Wildman–Crippen LogP) is 2.39. The Balaban J connectivity index is 1.83. The summed E-state index contributed by atoms with van der Waals surface area (Å²) < 4.78 is 5.29. The van der Waals surface area contributed by atoms with Crippen molar-refractivity contribution in [2.24, 2.45) is 0 Å². The largest absolute Gasteiger partial charge is 0.459 e. The van der Waals surface area contributed by atoms with Crippen LogP contribution >= 0.6 is 0 Å². The summed E-state index contributed by atoms with van der Waals surface area (Å²) in [5.41, 5.74) is 0.881. The Morgan fingerprint density at radius 1 is 1.35 bits per heavy atom. The number of rotatable bonds is 3. The molecule has 1 heterocycles. The van der Waals surface area contributed by atoms with Crippen molar-refractivity contribution in [3.63, 3.8) is 0 Å². The molecule has 0 aromatic heterocycles. The van der Waals surface area contributed by atoms with Crippen LogP contribution in [0.2, 0.25) is 0 Å². The lowest BCUT2D eigenvalue weighted by atomic mass is 10.2. The van der Waals surface area contributed by atoms with Crippen LogP contribution in [0.15, 0.2) is 30.3 Å². The van der Waals surface area contributed by atoms with E-state index in [-0.39, 0.29) is 5.97 Å². The van der Waals surface area contributed by atoms with Crippen molar-refractivity contribution in [3.05, 3.63) is 35.9 Å². The van der Waals surface area contributed by atoms with Crippen molar-refractivity contribution in [3.8, 4) is 0 Å². The maximum atomic E-state index is 11.6. The Hall–Kier alpha value is -1.35. The zero-order valence-electron chi connectivity index (χ0n) is 10.6. The number of benzene rings is 1. The fraction of sp³-hybridized carbons (Fsp3) is 0.500. The van der Waals surface area contributed by atoms with Gasteiger partial charge in [-0.05, 0) is 26.3 Å². The van der Waals surface area contributed by atoms with Crippen molar-refractivity contribution in [1.82, 2.24) is 4.90 Å². The van der Waals surface area contributed by atoms with E-state index in [9.17, 15) is 4.79 Å². The van der Waals surface area contributed by atoms with Crippen LogP contribution in [0, 0.1) is 0 Å². The third-order valence-electron chi connectivity index (χ3n) is 2.65. The van der Waals surface area contributed by atoms with Crippen molar-refractivity contribution >= 4 is 5.97 Å². The molecule has 2 atom stereocenters. The monoisotopic (exact) mass is 233 g/mol. The quantitative estimate of drug-likeness (QED) is 0.593. The molecule has 92 valence electrons. The van der Waals surface area contributed by atoms with Crippen LogP contribution in [0.25, 0.3) is 0 Å². The van der Waals surface area contributed by atoms with Crippen LogP contribution in [0.3, 0.4) is 0 Å². The molecular weight excluding hydrogens is 214 g/mol. The number of carbonyl (C=O) groups is 1. The second kappa shape index (κ2) is 4.49. The summed E-state index contributed by atoms with van der Waals surface area (Å²) in [6, 6.07) is 10.6. The van der Waals surface area contributed by atoms with E-state index in [0.717, 1.165) is 6.54 Å². The molecule has 0 aliphatic carbocycles. The molecule has 0 saturated carbocycles. The first kappa shape index (κ1) is 12.1. The summed E-state index contributed by atoms with van der Waals surface area (Å²) in [4.78, 5) is 13.7. The molecule has 0 N–H and O–H groups in total. The fourth-order valence-electron chi connectivity index (χ4n) is 1.88. The van der Waals surface area contributed by atoms with Gasteiger partial charge in [-0.1, -0.05) is 30.3 Å². The zero-order chi connectivity index (χ0) is 12.5. The van der Waals surface area contributed by atoms with E-state index in [1.165, 1.54) is 5.56 Å². The molecule has 1 aromatic carbocycles. The van der Waals surface area contributed by atoms with Gasteiger partial charge in [-0.3, -0.25) is 9.69 Å². The van der Waals surface area contributed by atoms with Crippen molar-refractivity contribution in [2.45, 2.75) is 32.4 Å². The van der Waals surface area contributed by atoms with Gasteiger partial charge in [-0.15, -0.1) is 0 Å². The Kier molecular flexibility index (Phi) is 3.20. The third kappa shape index (κ3) is 3.56. The molecule has 0 spiro atoms. The molecule has 0 radical (unpaired) electrons. The van der Waals surface area contributed by atoms with Crippen molar-refractivity contribution < 1.29 is 9.53 Å². The van der Waals surface area contributed by atoms with E-state index >= 15 is 0 Å². The highest BCUT2D eigenvalue weighted by atomic mass is 16.6. The van der Waals surface area contributed by atoms with Gasteiger partial charge in [-0.25, -0.2) is 0 Å². The van der Waals surface area contributed by atoms with Gasteiger partial charge in [0.05, 0.1) is 6.54 Å². The molecule has 1 aromatic rings. The molecule has 1 unspecified atom stereocenters. The Morgan fingerprint density at radius 3 is 2.59 bits per heavy atom. The number of hydrogen-bond acceptors (Lipinski definition) is 3. The SMILES string of the molecule is CC(C)(C)OC(=O)CN1C[C@H]1c1ccccc1. The second-order valence-corrected chi connectivity index (χ2v) is 5.44. The lowest BCUT2D eigenvalue weighted by Gasteiger charge is -2.19.